The molecule has 6 aliphatic rings. The minimum atomic E-state index is -1.50. The molecule has 68 heavy (non-hydrogen) atoms. The summed E-state index contributed by atoms with van der Waals surface area (Å²) in [6, 6.07) is 13.0. The number of cyclic esters (lactones) is 1. The number of aromatic nitrogens is 4. The Bertz CT molecular complexity index is 3130. The van der Waals surface area contributed by atoms with Crippen LogP contribution in [0.4, 0.5) is 4.39 Å². The van der Waals surface area contributed by atoms with E-state index < -0.39 is 12.1 Å². The van der Waals surface area contributed by atoms with Crippen molar-refractivity contribution in [1.82, 2.24) is 34.9 Å². The second-order valence-electron chi connectivity index (χ2n) is 19.3. The zero-order chi connectivity index (χ0) is 47.9. The fourth-order valence-electron chi connectivity index (χ4n) is 11.5. The van der Waals surface area contributed by atoms with Gasteiger partial charge in [-0.05, 0) is 91.1 Å². The number of pyridine rings is 2. The van der Waals surface area contributed by atoms with Crippen molar-refractivity contribution in [3.05, 3.63) is 120 Å². The van der Waals surface area contributed by atoms with Crippen LogP contribution < -0.4 is 10.9 Å². The third kappa shape index (κ3) is 7.35. The number of H-pyrrole nitrogens is 1. The summed E-state index contributed by atoms with van der Waals surface area (Å²) in [4.78, 5) is 57.9. The maximum Gasteiger partial charge on any atom is 0.340 e. The quantitative estimate of drug-likeness (QED) is 0.0959. The molecule has 2 atom stereocenters. The second-order valence-corrected chi connectivity index (χ2v) is 19.3. The normalized spacial score (nSPS) is 19.5. The Balaban J connectivity index is 0.000000154. The van der Waals surface area contributed by atoms with Crippen LogP contribution in [0.15, 0.2) is 47.3 Å². The zero-order valence-electron chi connectivity index (χ0n) is 39.2. The van der Waals surface area contributed by atoms with Gasteiger partial charge in [-0.25, -0.2) is 14.2 Å². The molecule has 354 valence electrons. The average Bonchev–Trinajstić information content (AvgIpc) is 4.04. The van der Waals surface area contributed by atoms with Crippen molar-refractivity contribution in [3.8, 4) is 17.1 Å². The van der Waals surface area contributed by atoms with E-state index in [0.29, 0.717) is 65.1 Å². The summed E-state index contributed by atoms with van der Waals surface area (Å²) in [6.07, 6.45) is 2.12. The van der Waals surface area contributed by atoms with Crippen LogP contribution in [0.1, 0.15) is 131 Å². The molecule has 2 aliphatic carbocycles. The van der Waals surface area contributed by atoms with E-state index in [0.717, 1.165) is 84.0 Å². The van der Waals surface area contributed by atoms with Crippen LogP contribution in [0.25, 0.3) is 33.2 Å². The van der Waals surface area contributed by atoms with Crippen molar-refractivity contribution in [2.75, 3.05) is 20.1 Å². The highest BCUT2D eigenvalue weighted by Gasteiger charge is 2.53. The van der Waals surface area contributed by atoms with E-state index in [1.165, 1.54) is 17.2 Å². The molecule has 4 N–H and O–H groups in total. The lowest BCUT2D eigenvalue weighted by Crippen LogP contribution is -2.63. The highest BCUT2D eigenvalue weighted by atomic mass is 19.1. The maximum atomic E-state index is 14.7. The SMILES string of the molecule is CC.CC(C)c1[nH]nc2cc(O)c(C(=O)N3Cc4ccc(CN5CC6(CC(OC=O)C6)C5)cc4C3)cc12.CNC1CCc2c(C)c(F)cc3nc4c(c1c23)Cn1c-4cc2c(c1=O)COC(=O)C2O. The number of hydrogen-bond donors (Lipinski definition) is 4. The van der Waals surface area contributed by atoms with E-state index >= 15 is 0 Å². The summed E-state index contributed by atoms with van der Waals surface area (Å²) >= 11 is 0. The van der Waals surface area contributed by atoms with E-state index in [4.69, 9.17) is 14.5 Å². The highest BCUT2D eigenvalue weighted by Crippen LogP contribution is 2.50. The van der Waals surface area contributed by atoms with Crippen LogP contribution in [-0.4, -0.2) is 84.4 Å². The Kier molecular flexibility index (Phi) is 11.5. The molecule has 1 saturated heterocycles. The number of hydrogen-bond acceptors (Lipinski definition) is 12. The number of rotatable bonds is 7. The number of amides is 1. The van der Waals surface area contributed by atoms with E-state index in [1.807, 2.05) is 20.9 Å². The number of aliphatic hydroxyl groups is 1. The molecule has 7 heterocycles. The van der Waals surface area contributed by atoms with Gasteiger partial charge in [-0.2, -0.15) is 5.10 Å². The second kappa shape index (κ2) is 17.2. The molecular formula is C52H56FN7O8. The lowest BCUT2D eigenvalue weighted by atomic mass is 9.61. The molecule has 1 amide bonds. The van der Waals surface area contributed by atoms with Gasteiger partial charge in [-0.1, -0.05) is 45.9 Å². The van der Waals surface area contributed by atoms with Crippen molar-refractivity contribution < 1.29 is 38.5 Å². The number of carbonyl (C=O) groups is 3. The van der Waals surface area contributed by atoms with Crippen molar-refractivity contribution in [2.24, 2.45) is 5.41 Å². The predicted molar refractivity (Wildman–Crippen MR) is 251 cm³/mol. The van der Waals surface area contributed by atoms with Gasteiger partial charge < -0.3 is 34.5 Å². The molecule has 3 aromatic carbocycles. The molecule has 6 aromatic rings. The van der Waals surface area contributed by atoms with Crippen LogP contribution in [0, 0.1) is 18.2 Å². The first-order chi connectivity index (χ1) is 32.7. The molecule has 4 aliphatic heterocycles. The Morgan fingerprint density at radius 3 is 2.54 bits per heavy atom. The highest BCUT2D eigenvalue weighted by molar-refractivity contribution is 6.01. The summed E-state index contributed by atoms with van der Waals surface area (Å²) in [5.74, 6) is -1.03. The molecule has 1 saturated carbocycles. The number of ether oxygens (including phenoxy) is 2. The van der Waals surface area contributed by atoms with Gasteiger partial charge in [0.1, 0.15) is 24.3 Å². The zero-order valence-corrected chi connectivity index (χ0v) is 39.2. The number of aliphatic hydroxyl groups excluding tert-OH is 1. The maximum absolute atomic E-state index is 14.7. The lowest BCUT2D eigenvalue weighted by Gasteiger charge is -2.58. The van der Waals surface area contributed by atoms with Crippen LogP contribution in [0.5, 0.6) is 5.75 Å². The number of phenolic OH excluding ortho intramolecular Hbond substituents is 1. The Morgan fingerprint density at radius 2 is 1.81 bits per heavy atom. The number of nitrogens with one attached hydrogen (secondary N) is 2. The van der Waals surface area contributed by atoms with Gasteiger partial charge in [0, 0.05) is 83.9 Å². The summed E-state index contributed by atoms with van der Waals surface area (Å²) in [5.41, 5.74) is 11.4. The standard InChI is InChI=1S/C27H30N4O4.C23H20FN3O4.C2H6/c1-16(2)25-21-6-22(24(33)7-23(21)28-29-25)26(34)31-11-18-4-3-17(5-19(18)12-31)10-30-13-27(14-30)8-20(9-27)35-15-32;1-9-10-3-4-15(25-2)19-12-7-27-17(20(12)26-16(18(10)19)6-14(9)24)5-11-13(22(27)29)8-31-23(30)21(11)28;1-2/h3-7,15-16,20,33H,8-14H2,1-2H3,(H,28,29);5-6,15,21,25,28H,3-4,7-8H2,1-2H3;1-2H3. The van der Waals surface area contributed by atoms with Crippen molar-refractivity contribution >= 4 is 40.2 Å². The molecule has 0 bridgehead atoms. The van der Waals surface area contributed by atoms with Gasteiger partial charge in [0.15, 0.2) is 6.10 Å². The lowest BCUT2D eigenvalue weighted by molar-refractivity contribution is -0.165. The molecule has 12 rings (SSSR count). The number of likely N-dealkylation sites (tertiary alicyclic amines) is 1. The molecule has 2 unspecified atom stereocenters. The number of fused-ring (bicyclic) bond motifs is 7. The van der Waals surface area contributed by atoms with E-state index in [-0.39, 0.29) is 58.8 Å². The fourth-order valence-corrected chi connectivity index (χ4v) is 11.5. The fraction of sp³-hybridized carbons (Fsp3) is 0.423. The number of aryl methyl sites for hydroxylation is 1. The Morgan fingerprint density at radius 1 is 1.04 bits per heavy atom. The van der Waals surface area contributed by atoms with Gasteiger partial charge >= 0.3 is 5.97 Å². The van der Waals surface area contributed by atoms with Gasteiger partial charge in [0.05, 0.1) is 40.1 Å². The van der Waals surface area contributed by atoms with Gasteiger partial charge in [-0.3, -0.25) is 24.4 Å². The molecule has 1 spiro atoms. The van der Waals surface area contributed by atoms with Gasteiger partial charge in [-0.15, -0.1) is 0 Å². The first kappa shape index (κ1) is 45.3. The van der Waals surface area contributed by atoms with E-state index in [9.17, 15) is 33.8 Å². The first-order valence-corrected chi connectivity index (χ1v) is 23.6. The Labute approximate surface area is 392 Å². The number of aromatic hydroxyl groups is 1. The number of halogens is 1. The number of benzene rings is 3. The third-order valence-corrected chi connectivity index (χ3v) is 14.9. The summed E-state index contributed by atoms with van der Waals surface area (Å²) in [5, 5.41) is 33.4. The van der Waals surface area contributed by atoms with Crippen molar-refractivity contribution in [3.63, 3.8) is 0 Å². The number of nitrogens with zero attached hydrogens (tertiary/aromatic N) is 5. The number of aromatic amines is 1. The Hall–Kier alpha value is -6.49. The van der Waals surface area contributed by atoms with Crippen LogP contribution in [-0.2, 0) is 58.3 Å². The topological polar surface area (TPSA) is 192 Å². The number of carbonyl (C=O) groups excluding carboxylic acids is 3. The number of phenols is 1. The van der Waals surface area contributed by atoms with E-state index in [2.05, 4.69) is 52.5 Å². The van der Waals surface area contributed by atoms with Crippen LogP contribution >= 0.6 is 0 Å². The van der Waals surface area contributed by atoms with Gasteiger partial charge in [0.25, 0.3) is 17.9 Å². The molecule has 2 fully saturated rings. The van der Waals surface area contributed by atoms with Crippen molar-refractivity contribution in [1.29, 1.82) is 0 Å². The molecular weight excluding hydrogens is 870 g/mol. The predicted octanol–water partition coefficient (Wildman–Crippen LogP) is 6.88. The largest absolute Gasteiger partial charge is 0.507 e. The summed E-state index contributed by atoms with van der Waals surface area (Å²) in [7, 11) is 1.90. The third-order valence-electron chi connectivity index (χ3n) is 14.9. The smallest absolute Gasteiger partial charge is 0.340 e. The first-order valence-electron chi connectivity index (χ1n) is 23.6. The van der Waals surface area contributed by atoms with Gasteiger partial charge in [0.2, 0.25) is 0 Å². The number of esters is 1. The molecule has 15 nitrogen and oxygen atoms in total. The monoisotopic (exact) mass is 925 g/mol. The minimum absolute atomic E-state index is 0.0376. The van der Waals surface area contributed by atoms with Crippen LogP contribution in [0.3, 0.4) is 0 Å². The van der Waals surface area contributed by atoms with Crippen LogP contribution in [0.2, 0.25) is 0 Å². The molecule has 0 radical (unpaired) electrons. The minimum Gasteiger partial charge on any atom is -0.507 e. The molecule has 3 aromatic heterocycles. The average molecular weight is 926 g/mol. The van der Waals surface area contributed by atoms with E-state index in [1.54, 1.807) is 34.6 Å². The summed E-state index contributed by atoms with van der Waals surface area (Å²) in [6.45, 7) is 14.7. The summed E-state index contributed by atoms with van der Waals surface area (Å²) < 4.78 is 26.3. The van der Waals surface area contributed by atoms with Crippen molar-refractivity contribution in [2.45, 2.75) is 117 Å². The molecule has 16 heteroatoms.